The zero-order valence-corrected chi connectivity index (χ0v) is 17.0. The standard InChI is InChI=1S/C24H23FN4O/c1-17-15-28(16-26-17)22-11-5-18(6-12-22)14-19-4-3-13-29-23(19)27-30-24(29,2)20-7-9-21(25)10-8-20/h5-12,14-16H,3-4,13H2,1-2H3. The fourth-order valence-electron chi connectivity index (χ4n) is 4.13. The first-order chi connectivity index (χ1) is 14.5. The molecule has 3 heterocycles. The Labute approximate surface area is 175 Å². The Kier molecular flexibility index (Phi) is 4.42. The van der Waals surface area contributed by atoms with Gasteiger partial charge in [0.2, 0.25) is 5.72 Å². The van der Waals surface area contributed by atoms with E-state index in [1.165, 1.54) is 12.1 Å². The number of halogens is 1. The minimum absolute atomic E-state index is 0.255. The quantitative estimate of drug-likeness (QED) is 0.618. The van der Waals surface area contributed by atoms with Gasteiger partial charge in [0.25, 0.3) is 0 Å². The van der Waals surface area contributed by atoms with Gasteiger partial charge in [-0.1, -0.05) is 29.4 Å². The van der Waals surface area contributed by atoms with Crippen LogP contribution in [0.5, 0.6) is 0 Å². The van der Waals surface area contributed by atoms with E-state index in [0.717, 1.165) is 53.3 Å². The maximum atomic E-state index is 13.4. The van der Waals surface area contributed by atoms with E-state index in [0.29, 0.717) is 0 Å². The highest BCUT2D eigenvalue weighted by molar-refractivity contribution is 6.03. The monoisotopic (exact) mass is 402 g/mol. The van der Waals surface area contributed by atoms with Crippen LogP contribution in [0.4, 0.5) is 4.39 Å². The summed E-state index contributed by atoms with van der Waals surface area (Å²) in [6.07, 6.45) is 7.96. The van der Waals surface area contributed by atoms with Crippen molar-refractivity contribution in [3.63, 3.8) is 0 Å². The van der Waals surface area contributed by atoms with E-state index in [1.807, 2.05) is 30.9 Å². The number of aryl methyl sites for hydroxylation is 1. The van der Waals surface area contributed by atoms with E-state index in [2.05, 4.69) is 45.4 Å². The summed E-state index contributed by atoms with van der Waals surface area (Å²) in [6.45, 7) is 4.82. The number of hydrogen-bond acceptors (Lipinski definition) is 4. The van der Waals surface area contributed by atoms with Crippen LogP contribution in [0.3, 0.4) is 0 Å². The molecule has 0 aliphatic carbocycles. The second-order valence-corrected chi connectivity index (χ2v) is 7.93. The topological polar surface area (TPSA) is 42.7 Å². The van der Waals surface area contributed by atoms with Gasteiger partial charge in [0, 0.05) is 30.9 Å². The molecule has 1 saturated heterocycles. The van der Waals surface area contributed by atoms with Gasteiger partial charge in [-0.15, -0.1) is 0 Å². The Balaban J connectivity index is 1.41. The number of hydrogen-bond donors (Lipinski definition) is 0. The number of rotatable bonds is 3. The smallest absolute Gasteiger partial charge is 0.234 e. The van der Waals surface area contributed by atoms with Crippen LogP contribution in [0.2, 0.25) is 0 Å². The van der Waals surface area contributed by atoms with Crippen LogP contribution >= 0.6 is 0 Å². The average Bonchev–Trinajstić information content (AvgIpc) is 3.34. The number of aromatic nitrogens is 2. The van der Waals surface area contributed by atoms with Crippen molar-refractivity contribution >= 4 is 11.9 Å². The Morgan fingerprint density at radius 1 is 1.10 bits per heavy atom. The van der Waals surface area contributed by atoms with Crippen LogP contribution in [-0.2, 0) is 10.6 Å². The molecular formula is C24H23FN4O. The third-order valence-electron chi connectivity index (χ3n) is 5.82. The molecule has 2 aliphatic rings. The van der Waals surface area contributed by atoms with Gasteiger partial charge in [-0.05, 0) is 61.2 Å². The lowest BCUT2D eigenvalue weighted by Crippen LogP contribution is -2.46. The van der Waals surface area contributed by atoms with Crippen LogP contribution in [0.1, 0.15) is 36.6 Å². The van der Waals surface area contributed by atoms with Crippen molar-refractivity contribution in [3.8, 4) is 5.69 Å². The second kappa shape index (κ2) is 7.13. The summed E-state index contributed by atoms with van der Waals surface area (Å²) in [7, 11) is 0. The Morgan fingerprint density at radius 2 is 1.87 bits per heavy atom. The number of oxime groups is 1. The molecule has 0 radical (unpaired) electrons. The predicted molar refractivity (Wildman–Crippen MR) is 114 cm³/mol. The highest BCUT2D eigenvalue weighted by Gasteiger charge is 2.45. The van der Waals surface area contributed by atoms with Gasteiger partial charge in [0.1, 0.15) is 5.82 Å². The highest BCUT2D eigenvalue weighted by Crippen LogP contribution is 2.40. The van der Waals surface area contributed by atoms with E-state index in [9.17, 15) is 4.39 Å². The molecule has 0 saturated carbocycles. The molecular weight excluding hydrogens is 379 g/mol. The molecule has 5 rings (SSSR count). The van der Waals surface area contributed by atoms with Crippen LogP contribution in [0.15, 0.2) is 71.8 Å². The fraction of sp³-hybridized carbons (Fsp3) is 0.250. The first-order valence-electron chi connectivity index (χ1n) is 10.1. The van der Waals surface area contributed by atoms with Crippen molar-refractivity contribution in [1.29, 1.82) is 0 Å². The van der Waals surface area contributed by atoms with Crippen molar-refractivity contribution in [2.24, 2.45) is 5.16 Å². The summed E-state index contributed by atoms with van der Waals surface area (Å²) in [5.41, 5.74) is 4.51. The van der Waals surface area contributed by atoms with E-state index < -0.39 is 5.72 Å². The molecule has 30 heavy (non-hydrogen) atoms. The molecule has 1 aromatic heterocycles. The van der Waals surface area contributed by atoms with E-state index in [1.54, 1.807) is 12.1 Å². The molecule has 0 spiro atoms. The van der Waals surface area contributed by atoms with Crippen LogP contribution < -0.4 is 0 Å². The molecule has 0 amide bonds. The zero-order chi connectivity index (χ0) is 20.7. The molecule has 2 aromatic carbocycles. The molecule has 0 N–H and O–H groups in total. The first kappa shape index (κ1) is 18.6. The molecule has 1 unspecified atom stereocenters. The minimum atomic E-state index is -0.717. The summed E-state index contributed by atoms with van der Waals surface area (Å²) >= 11 is 0. The summed E-state index contributed by atoms with van der Waals surface area (Å²) in [5.74, 6) is 0.609. The predicted octanol–water partition coefficient (Wildman–Crippen LogP) is 5.02. The van der Waals surface area contributed by atoms with Gasteiger partial charge in [0.05, 0.1) is 12.0 Å². The van der Waals surface area contributed by atoms with Gasteiger partial charge in [0.15, 0.2) is 5.84 Å². The maximum absolute atomic E-state index is 13.4. The van der Waals surface area contributed by atoms with E-state index in [-0.39, 0.29) is 5.82 Å². The molecule has 0 bridgehead atoms. The summed E-state index contributed by atoms with van der Waals surface area (Å²) in [6, 6.07) is 14.8. The van der Waals surface area contributed by atoms with E-state index >= 15 is 0 Å². The normalized spacial score (nSPS) is 22.0. The number of imidazole rings is 1. The number of nitrogens with zero attached hydrogens (tertiary/aromatic N) is 4. The maximum Gasteiger partial charge on any atom is 0.234 e. The van der Waals surface area contributed by atoms with Crippen LogP contribution in [0, 0.1) is 12.7 Å². The summed E-state index contributed by atoms with van der Waals surface area (Å²) in [5, 5.41) is 4.42. The van der Waals surface area contributed by atoms with Crippen molar-refractivity contribution in [1.82, 2.24) is 14.5 Å². The van der Waals surface area contributed by atoms with Gasteiger partial charge < -0.3 is 14.3 Å². The van der Waals surface area contributed by atoms with Crippen molar-refractivity contribution in [2.45, 2.75) is 32.4 Å². The average molecular weight is 402 g/mol. The molecule has 1 fully saturated rings. The minimum Gasteiger partial charge on any atom is -0.360 e. The van der Waals surface area contributed by atoms with Gasteiger partial charge in [-0.25, -0.2) is 9.37 Å². The third kappa shape index (κ3) is 3.18. The number of amidine groups is 1. The van der Waals surface area contributed by atoms with Crippen molar-refractivity contribution in [2.75, 3.05) is 6.54 Å². The lowest BCUT2D eigenvalue weighted by molar-refractivity contribution is -0.0913. The largest absolute Gasteiger partial charge is 0.360 e. The van der Waals surface area contributed by atoms with Crippen molar-refractivity contribution < 1.29 is 9.23 Å². The van der Waals surface area contributed by atoms with E-state index in [4.69, 9.17) is 4.84 Å². The Hall–Kier alpha value is -3.41. The molecule has 5 nitrogen and oxygen atoms in total. The summed E-state index contributed by atoms with van der Waals surface area (Å²) in [4.78, 5) is 12.4. The highest BCUT2D eigenvalue weighted by atomic mass is 19.1. The molecule has 1 atom stereocenters. The van der Waals surface area contributed by atoms with Crippen LogP contribution in [0.25, 0.3) is 11.8 Å². The molecule has 2 aliphatic heterocycles. The van der Waals surface area contributed by atoms with Crippen molar-refractivity contribution in [3.05, 3.63) is 89.3 Å². The Morgan fingerprint density at radius 3 is 2.57 bits per heavy atom. The zero-order valence-electron chi connectivity index (χ0n) is 17.0. The number of piperidine rings is 1. The summed E-state index contributed by atoms with van der Waals surface area (Å²) < 4.78 is 15.4. The number of fused-ring (bicyclic) bond motifs is 1. The van der Waals surface area contributed by atoms with Gasteiger partial charge >= 0.3 is 0 Å². The molecule has 152 valence electrons. The second-order valence-electron chi connectivity index (χ2n) is 7.93. The molecule has 3 aromatic rings. The fourth-order valence-corrected chi connectivity index (χ4v) is 4.13. The lowest BCUT2D eigenvalue weighted by Gasteiger charge is -2.37. The van der Waals surface area contributed by atoms with Gasteiger partial charge in [-0.2, -0.15) is 0 Å². The van der Waals surface area contributed by atoms with Crippen LogP contribution in [-0.4, -0.2) is 26.8 Å². The first-order valence-corrected chi connectivity index (χ1v) is 10.1. The third-order valence-corrected chi connectivity index (χ3v) is 5.82. The molecule has 6 heteroatoms. The lowest BCUT2D eigenvalue weighted by atomic mass is 9.95. The number of benzene rings is 2. The SMILES string of the molecule is Cc1cn(-c2ccc(C=C3CCCN4C3=NOC4(C)c3ccc(F)cc3)cc2)cn1. The van der Waals surface area contributed by atoms with Gasteiger partial charge in [-0.3, -0.25) is 0 Å². The Bertz CT molecular complexity index is 1130.